The molecule has 0 fully saturated rings. The number of phenols is 2. The van der Waals surface area contributed by atoms with Crippen LogP contribution < -0.4 is 9.47 Å². The summed E-state index contributed by atoms with van der Waals surface area (Å²) in [7, 11) is 0. The van der Waals surface area contributed by atoms with Crippen LogP contribution in [-0.2, 0) is 13.0 Å². The number of rotatable bonds is 4. The zero-order valence-electron chi connectivity index (χ0n) is 14.3. The summed E-state index contributed by atoms with van der Waals surface area (Å²) in [5.74, 6) is 1.62. The van der Waals surface area contributed by atoms with E-state index in [1.165, 1.54) is 6.07 Å². The van der Waals surface area contributed by atoms with Gasteiger partial charge in [0, 0.05) is 17.7 Å². The fourth-order valence-electron chi connectivity index (χ4n) is 3.20. The molecule has 1 atom stereocenters. The van der Waals surface area contributed by atoms with Gasteiger partial charge < -0.3 is 19.7 Å². The molecule has 0 saturated carbocycles. The number of aryl methyl sites for hydroxylation is 1. The summed E-state index contributed by atoms with van der Waals surface area (Å²) >= 11 is 0. The van der Waals surface area contributed by atoms with Crippen LogP contribution in [0.5, 0.6) is 23.0 Å². The molecule has 0 aromatic heterocycles. The molecule has 0 radical (unpaired) electrons. The average molecular weight is 348 g/mol. The van der Waals surface area contributed by atoms with Crippen molar-refractivity contribution in [1.29, 1.82) is 0 Å². The normalized spacial score (nSPS) is 15.8. The Labute approximate surface area is 152 Å². The number of phenolic OH excluding ortho intramolecular Hbond substituents is 2. The topological polar surface area (TPSA) is 58.9 Å². The number of aromatic hydroxyl groups is 2. The Hall–Kier alpha value is -3.14. The molecule has 1 unspecified atom stereocenters. The van der Waals surface area contributed by atoms with Gasteiger partial charge in [0.25, 0.3) is 0 Å². The first-order valence-corrected chi connectivity index (χ1v) is 8.67. The third-order valence-electron chi connectivity index (χ3n) is 4.59. The molecule has 4 nitrogen and oxygen atoms in total. The van der Waals surface area contributed by atoms with Crippen LogP contribution in [0.25, 0.3) is 0 Å². The van der Waals surface area contributed by atoms with Gasteiger partial charge in [-0.05, 0) is 42.2 Å². The van der Waals surface area contributed by atoms with Crippen LogP contribution in [0.15, 0.2) is 66.7 Å². The Morgan fingerprint density at radius 3 is 2.62 bits per heavy atom. The predicted molar refractivity (Wildman–Crippen MR) is 98.7 cm³/mol. The Balaban J connectivity index is 1.50. The van der Waals surface area contributed by atoms with Gasteiger partial charge in [-0.1, -0.05) is 36.4 Å². The lowest BCUT2D eigenvalue weighted by Crippen LogP contribution is -2.15. The van der Waals surface area contributed by atoms with E-state index >= 15 is 0 Å². The summed E-state index contributed by atoms with van der Waals surface area (Å²) in [4.78, 5) is 0. The molecule has 4 heteroatoms. The van der Waals surface area contributed by atoms with Gasteiger partial charge in [0.1, 0.15) is 35.7 Å². The largest absolute Gasteiger partial charge is 0.508 e. The predicted octanol–water partition coefficient (Wildman–Crippen LogP) is 4.74. The zero-order chi connectivity index (χ0) is 17.9. The number of ether oxygens (including phenoxy) is 2. The molecule has 0 amide bonds. The maximum atomic E-state index is 10.1. The van der Waals surface area contributed by atoms with E-state index < -0.39 is 0 Å². The highest BCUT2D eigenvalue weighted by Crippen LogP contribution is 2.40. The van der Waals surface area contributed by atoms with E-state index in [-0.39, 0.29) is 17.6 Å². The third kappa shape index (κ3) is 3.45. The van der Waals surface area contributed by atoms with Gasteiger partial charge >= 0.3 is 0 Å². The first kappa shape index (κ1) is 16.3. The summed E-state index contributed by atoms with van der Waals surface area (Å²) in [5, 5.41) is 19.6. The fraction of sp³-hybridized carbons (Fsp3) is 0.182. The molecule has 0 bridgehead atoms. The van der Waals surface area contributed by atoms with Gasteiger partial charge in [0.15, 0.2) is 0 Å². The SMILES string of the molecule is Oc1ccc(C2CCc3ccc(OCc4ccccc4)cc3O2)c(O)c1. The molecule has 1 aliphatic heterocycles. The molecule has 132 valence electrons. The summed E-state index contributed by atoms with van der Waals surface area (Å²) in [6.45, 7) is 0.502. The lowest BCUT2D eigenvalue weighted by atomic mass is 9.96. The standard InChI is InChI=1S/C22H20O4/c23-17-8-10-19(20(24)12-17)21-11-7-16-6-9-18(13-22(16)26-21)25-14-15-4-2-1-3-5-15/h1-6,8-10,12-13,21,23-24H,7,11,14H2. The molecule has 3 aromatic carbocycles. The van der Waals surface area contributed by atoms with E-state index in [1.807, 2.05) is 48.5 Å². The number of fused-ring (bicyclic) bond motifs is 1. The van der Waals surface area contributed by atoms with E-state index in [9.17, 15) is 10.2 Å². The van der Waals surface area contributed by atoms with Crippen LogP contribution in [0.2, 0.25) is 0 Å². The van der Waals surface area contributed by atoms with Crippen molar-refractivity contribution in [3.05, 3.63) is 83.4 Å². The molecule has 1 heterocycles. The highest BCUT2D eigenvalue weighted by Gasteiger charge is 2.24. The van der Waals surface area contributed by atoms with E-state index in [0.717, 1.165) is 35.5 Å². The zero-order valence-corrected chi connectivity index (χ0v) is 14.3. The van der Waals surface area contributed by atoms with E-state index in [4.69, 9.17) is 9.47 Å². The molecule has 1 aliphatic rings. The van der Waals surface area contributed by atoms with Gasteiger partial charge in [0.2, 0.25) is 0 Å². The Morgan fingerprint density at radius 1 is 0.962 bits per heavy atom. The molecular weight excluding hydrogens is 328 g/mol. The van der Waals surface area contributed by atoms with E-state index in [1.54, 1.807) is 12.1 Å². The molecule has 26 heavy (non-hydrogen) atoms. The summed E-state index contributed by atoms with van der Waals surface area (Å²) in [6.07, 6.45) is 1.39. The summed E-state index contributed by atoms with van der Waals surface area (Å²) in [6, 6.07) is 20.5. The number of hydrogen-bond acceptors (Lipinski definition) is 4. The minimum Gasteiger partial charge on any atom is -0.508 e. The molecule has 0 saturated heterocycles. The fourth-order valence-corrected chi connectivity index (χ4v) is 3.20. The minimum atomic E-state index is -0.243. The van der Waals surface area contributed by atoms with Crippen molar-refractivity contribution < 1.29 is 19.7 Å². The second-order valence-corrected chi connectivity index (χ2v) is 6.43. The van der Waals surface area contributed by atoms with Gasteiger partial charge in [-0.3, -0.25) is 0 Å². The van der Waals surface area contributed by atoms with Gasteiger partial charge in [-0.25, -0.2) is 0 Å². The molecule has 3 aromatic rings. The minimum absolute atomic E-state index is 0.0408. The van der Waals surface area contributed by atoms with Gasteiger partial charge in [-0.2, -0.15) is 0 Å². The van der Waals surface area contributed by atoms with Crippen molar-refractivity contribution >= 4 is 0 Å². The molecule has 0 aliphatic carbocycles. The third-order valence-corrected chi connectivity index (χ3v) is 4.59. The van der Waals surface area contributed by atoms with Crippen LogP contribution in [0.1, 0.15) is 29.2 Å². The van der Waals surface area contributed by atoms with Crippen molar-refractivity contribution in [1.82, 2.24) is 0 Å². The van der Waals surface area contributed by atoms with Crippen molar-refractivity contribution in [2.45, 2.75) is 25.6 Å². The van der Waals surface area contributed by atoms with Crippen LogP contribution in [0.4, 0.5) is 0 Å². The van der Waals surface area contributed by atoms with Crippen molar-refractivity contribution in [3.8, 4) is 23.0 Å². The second-order valence-electron chi connectivity index (χ2n) is 6.43. The number of hydrogen-bond donors (Lipinski definition) is 2. The van der Waals surface area contributed by atoms with Crippen molar-refractivity contribution in [2.75, 3.05) is 0 Å². The quantitative estimate of drug-likeness (QED) is 0.715. The van der Waals surface area contributed by atoms with Crippen LogP contribution >= 0.6 is 0 Å². The lowest BCUT2D eigenvalue weighted by molar-refractivity contribution is 0.171. The summed E-state index contributed by atoms with van der Waals surface area (Å²) < 4.78 is 12.0. The van der Waals surface area contributed by atoms with E-state index in [2.05, 4.69) is 0 Å². The first-order chi connectivity index (χ1) is 12.7. The van der Waals surface area contributed by atoms with Crippen molar-refractivity contribution in [3.63, 3.8) is 0 Å². The monoisotopic (exact) mass is 348 g/mol. The maximum Gasteiger partial charge on any atom is 0.128 e. The van der Waals surface area contributed by atoms with Crippen LogP contribution in [0, 0.1) is 0 Å². The highest BCUT2D eigenvalue weighted by molar-refractivity contribution is 5.45. The van der Waals surface area contributed by atoms with E-state index in [0.29, 0.717) is 12.2 Å². The van der Waals surface area contributed by atoms with Crippen LogP contribution in [0.3, 0.4) is 0 Å². The molecule has 2 N–H and O–H groups in total. The second kappa shape index (κ2) is 7.00. The van der Waals surface area contributed by atoms with Crippen molar-refractivity contribution in [2.24, 2.45) is 0 Å². The molecular formula is C22H20O4. The average Bonchev–Trinajstić information content (AvgIpc) is 2.66. The highest BCUT2D eigenvalue weighted by atomic mass is 16.5. The van der Waals surface area contributed by atoms with Crippen LogP contribution in [-0.4, -0.2) is 10.2 Å². The maximum absolute atomic E-state index is 10.1. The molecule has 4 rings (SSSR count). The Bertz CT molecular complexity index is 905. The smallest absolute Gasteiger partial charge is 0.128 e. The molecule has 0 spiro atoms. The van der Waals surface area contributed by atoms with Gasteiger partial charge in [0.05, 0.1) is 0 Å². The lowest BCUT2D eigenvalue weighted by Gasteiger charge is -2.27. The Morgan fingerprint density at radius 2 is 1.81 bits per heavy atom. The first-order valence-electron chi connectivity index (χ1n) is 8.67. The summed E-state index contributed by atoms with van der Waals surface area (Å²) in [5.41, 5.74) is 2.92. The number of benzene rings is 3. The Kier molecular flexibility index (Phi) is 4.40. The van der Waals surface area contributed by atoms with Gasteiger partial charge in [-0.15, -0.1) is 0 Å².